The normalized spacial score (nSPS) is 16.5. The largest absolute Gasteiger partial charge is 0.478 e. The predicted molar refractivity (Wildman–Crippen MR) is 128 cm³/mol. The van der Waals surface area contributed by atoms with E-state index in [0.29, 0.717) is 22.8 Å². The van der Waals surface area contributed by atoms with Crippen molar-refractivity contribution >= 4 is 38.6 Å². The summed E-state index contributed by atoms with van der Waals surface area (Å²) < 4.78 is 23.4. The molecule has 7 nitrogen and oxygen atoms in total. The molecule has 1 atom stereocenters. The van der Waals surface area contributed by atoms with Gasteiger partial charge in [-0.15, -0.1) is 0 Å². The number of aromatic carboxylic acids is 1. The van der Waals surface area contributed by atoms with Gasteiger partial charge in [0.25, 0.3) is 0 Å². The summed E-state index contributed by atoms with van der Waals surface area (Å²) in [7, 11) is 0. The average molecular weight is 482 g/mol. The molecule has 1 aliphatic heterocycles. The first-order valence-corrected chi connectivity index (χ1v) is 11.9. The first kappa shape index (κ1) is 22.3. The van der Waals surface area contributed by atoms with Crippen molar-refractivity contribution in [1.82, 2.24) is 14.3 Å². The summed E-state index contributed by atoms with van der Waals surface area (Å²) in [5.74, 6) is -1.39. The van der Waals surface area contributed by atoms with E-state index >= 15 is 4.39 Å². The monoisotopic (exact) mass is 481 g/mol. The Kier molecular flexibility index (Phi) is 5.31. The Morgan fingerprint density at radius 3 is 2.71 bits per heavy atom. The van der Waals surface area contributed by atoms with E-state index in [1.165, 1.54) is 17.4 Å². The zero-order valence-electron chi connectivity index (χ0n) is 19.0. The Hall–Kier alpha value is -3.46. The number of rotatable bonds is 3. The van der Waals surface area contributed by atoms with Crippen molar-refractivity contribution < 1.29 is 23.8 Å². The summed E-state index contributed by atoms with van der Waals surface area (Å²) >= 11 is 1.35. The highest BCUT2D eigenvalue weighted by molar-refractivity contribution is 7.23. The van der Waals surface area contributed by atoms with E-state index in [0.717, 1.165) is 28.6 Å². The van der Waals surface area contributed by atoms with Gasteiger partial charge >= 0.3 is 12.1 Å². The molecule has 1 saturated heterocycles. The summed E-state index contributed by atoms with van der Waals surface area (Å²) in [6.45, 7) is 6.06. The van der Waals surface area contributed by atoms with Crippen LogP contribution >= 0.6 is 11.3 Å². The predicted octanol–water partition coefficient (Wildman–Crippen LogP) is 6.13. The van der Waals surface area contributed by atoms with Crippen molar-refractivity contribution in [2.45, 2.75) is 45.3 Å². The summed E-state index contributed by atoms with van der Waals surface area (Å²) in [4.78, 5) is 30.7. The van der Waals surface area contributed by atoms with Crippen molar-refractivity contribution in [3.8, 4) is 11.3 Å². The first-order valence-electron chi connectivity index (χ1n) is 11.0. The second-order valence-corrected chi connectivity index (χ2v) is 10.4. The van der Waals surface area contributed by atoms with Gasteiger partial charge in [-0.2, -0.15) is 0 Å². The van der Waals surface area contributed by atoms with Gasteiger partial charge in [0.15, 0.2) is 4.96 Å². The number of carbonyl (C=O) groups is 2. The van der Waals surface area contributed by atoms with Gasteiger partial charge in [-0.05, 0) is 69.5 Å². The van der Waals surface area contributed by atoms with E-state index in [1.54, 1.807) is 35.4 Å². The maximum absolute atomic E-state index is 15.2. The SMILES string of the molecule is CC(C)(C)OC(=O)N1CCCC1c1ccc(-c2cn3c(n2)sc2cc(C(=O)O)ccc23)c(F)c1. The van der Waals surface area contributed by atoms with E-state index in [4.69, 9.17) is 4.74 Å². The molecule has 1 unspecified atom stereocenters. The molecule has 2 aromatic heterocycles. The Morgan fingerprint density at radius 2 is 2.00 bits per heavy atom. The number of thiazole rings is 1. The van der Waals surface area contributed by atoms with Crippen LogP contribution in [0.1, 0.15) is 55.6 Å². The smallest absolute Gasteiger partial charge is 0.410 e. The van der Waals surface area contributed by atoms with Gasteiger partial charge < -0.3 is 14.7 Å². The fraction of sp³-hybridized carbons (Fsp3) is 0.320. The minimum absolute atomic E-state index is 0.214. The van der Waals surface area contributed by atoms with Crippen LogP contribution in [0.25, 0.3) is 26.4 Å². The standard InChI is InChI=1S/C25H24FN3O4S/c1-25(2,3)33-24(32)28-10-4-5-19(28)14-6-8-16(17(26)11-14)18-13-29-20-9-7-15(22(30)31)12-21(20)34-23(29)27-18/h6-9,11-13,19H,4-5,10H2,1-3H3,(H,30,31). The highest BCUT2D eigenvalue weighted by atomic mass is 32.1. The van der Waals surface area contributed by atoms with E-state index < -0.39 is 17.4 Å². The summed E-state index contributed by atoms with van der Waals surface area (Å²) in [5.41, 5.74) is 2.04. The van der Waals surface area contributed by atoms with Crippen molar-refractivity contribution in [1.29, 1.82) is 0 Å². The van der Waals surface area contributed by atoms with Crippen LogP contribution in [0.4, 0.5) is 9.18 Å². The summed E-state index contributed by atoms with van der Waals surface area (Å²) in [5, 5.41) is 9.20. The molecule has 176 valence electrons. The molecule has 0 bridgehead atoms. The number of fused-ring (bicyclic) bond motifs is 3. The van der Waals surface area contributed by atoms with Crippen molar-refractivity contribution in [2.24, 2.45) is 0 Å². The number of amides is 1. The number of benzene rings is 2. The number of hydrogen-bond donors (Lipinski definition) is 1. The van der Waals surface area contributed by atoms with Gasteiger partial charge in [0.1, 0.15) is 11.4 Å². The lowest BCUT2D eigenvalue weighted by Crippen LogP contribution is -2.36. The third kappa shape index (κ3) is 4.00. The van der Waals surface area contributed by atoms with Crippen LogP contribution in [-0.4, -0.2) is 43.6 Å². The molecule has 5 rings (SSSR count). The van der Waals surface area contributed by atoms with Gasteiger partial charge in [0.2, 0.25) is 0 Å². The molecule has 0 radical (unpaired) electrons. The second kappa shape index (κ2) is 8.09. The summed E-state index contributed by atoms with van der Waals surface area (Å²) in [6, 6.07) is 9.69. The van der Waals surface area contributed by atoms with Gasteiger partial charge in [-0.3, -0.25) is 4.40 Å². The van der Waals surface area contributed by atoms with Crippen LogP contribution < -0.4 is 0 Å². The minimum Gasteiger partial charge on any atom is -0.478 e. The van der Waals surface area contributed by atoms with Crippen molar-refractivity contribution in [3.05, 3.63) is 59.5 Å². The maximum atomic E-state index is 15.2. The summed E-state index contributed by atoms with van der Waals surface area (Å²) in [6.07, 6.45) is 2.96. The molecular weight excluding hydrogens is 457 g/mol. The fourth-order valence-electron chi connectivity index (χ4n) is 4.36. The van der Waals surface area contributed by atoms with Crippen LogP contribution in [0, 0.1) is 5.82 Å². The molecule has 0 spiro atoms. The zero-order chi connectivity index (χ0) is 24.2. The first-order chi connectivity index (χ1) is 16.1. The molecule has 1 fully saturated rings. The molecule has 9 heteroatoms. The van der Waals surface area contributed by atoms with Crippen molar-refractivity contribution in [2.75, 3.05) is 6.54 Å². The van der Waals surface area contributed by atoms with Gasteiger partial charge in [-0.1, -0.05) is 17.4 Å². The van der Waals surface area contributed by atoms with E-state index in [9.17, 15) is 14.7 Å². The second-order valence-electron chi connectivity index (χ2n) is 9.44. The molecular formula is C25H24FN3O4S. The number of carboxylic acid groups (broad SMARTS) is 1. The number of nitrogens with zero attached hydrogens (tertiary/aromatic N) is 3. The molecule has 1 amide bonds. The zero-order valence-corrected chi connectivity index (χ0v) is 19.9. The number of aromatic nitrogens is 2. The van der Waals surface area contributed by atoms with E-state index in [-0.39, 0.29) is 17.7 Å². The van der Waals surface area contributed by atoms with Gasteiger partial charge in [0, 0.05) is 18.3 Å². The third-order valence-corrected chi connectivity index (χ3v) is 6.89. The fourth-order valence-corrected chi connectivity index (χ4v) is 5.41. The average Bonchev–Trinajstić information content (AvgIpc) is 3.46. The maximum Gasteiger partial charge on any atom is 0.410 e. The van der Waals surface area contributed by atoms with Gasteiger partial charge in [0.05, 0.1) is 27.5 Å². The lowest BCUT2D eigenvalue weighted by molar-refractivity contribution is 0.0224. The number of carboxylic acids is 1. The van der Waals surface area contributed by atoms with Crippen LogP contribution in [0.3, 0.4) is 0 Å². The van der Waals surface area contributed by atoms with E-state index in [2.05, 4.69) is 4.98 Å². The molecule has 1 aliphatic rings. The lowest BCUT2D eigenvalue weighted by Gasteiger charge is -2.29. The Labute approximate surface area is 199 Å². The number of halogens is 1. The van der Waals surface area contributed by atoms with Gasteiger partial charge in [-0.25, -0.2) is 19.0 Å². The van der Waals surface area contributed by atoms with Crippen LogP contribution in [-0.2, 0) is 4.74 Å². The Morgan fingerprint density at radius 1 is 1.21 bits per heavy atom. The number of ether oxygens (including phenoxy) is 1. The lowest BCUT2D eigenvalue weighted by atomic mass is 10.0. The molecule has 0 aliphatic carbocycles. The quantitative estimate of drug-likeness (QED) is 0.381. The molecule has 34 heavy (non-hydrogen) atoms. The molecule has 4 aromatic rings. The Bertz CT molecular complexity index is 1440. The van der Waals surface area contributed by atoms with Crippen LogP contribution in [0.15, 0.2) is 42.6 Å². The number of carbonyl (C=O) groups excluding carboxylic acids is 1. The topological polar surface area (TPSA) is 84.1 Å². The van der Waals surface area contributed by atoms with E-state index in [1.807, 2.05) is 31.2 Å². The van der Waals surface area contributed by atoms with Crippen molar-refractivity contribution in [3.63, 3.8) is 0 Å². The Balaban J connectivity index is 1.44. The third-order valence-electron chi connectivity index (χ3n) is 5.88. The van der Waals surface area contributed by atoms with Crippen LogP contribution in [0.2, 0.25) is 0 Å². The molecule has 2 aromatic carbocycles. The molecule has 0 saturated carbocycles. The number of hydrogen-bond acceptors (Lipinski definition) is 5. The number of imidazole rings is 1. The molecule has 3 heterocycles. The number of likely N-dealkylation sites (tertiary alicyclic amines) is 1. The molecule has 1 N–H and O–H groups in total. The highest BCUT2D eigenvalue weighted by Crippen LogP contribution is 2.36. The highest BCUT2D eigenvalue weighted by Gasteiger charge is 2.33. The van der Waals surface area contributed by atoms with Crippen LogP contribution in [0.5, 0.6) is 0 Å². The minimum atomic E-state index is -0.983.